The van der Waals surface area contributed by atoms with Gasteiger partial charge in [0.15, 0.2) is 0 Å². The first-order chi connectivity index (χ1) is 24.4. The fourth-order valence-electron chi connectivity index (χ4n) is 5.93. The number of hydrogen-bond donors (Lipinski definition) is 3. The van der Waals surface area contributed by atoms with Crippen molar-refractivity contribution in [3.8, 4) is 11.3 Å². The van der Waals surface area contributed by atoms with E-state index in [1.54, 1.807) is 17.1 Å². The molecule has 0 unspecified atom stereocenters. The molecule has 0 bridgehead atoms. The number of thiophene rings is 1. The van der Waals surface area contributed by atoms with Gasteiger partial charge in [0.1, 0.15) is 17.1 Å². The predicted molar refractivity (Wildman–Crippen MR) is 205 cm³/mol. The average molecular weight is 692 g/mol. The van der Waals surface area contributed by atoms with Gasteiger partial charge in [-0.1, -0.05) is 88.3 Å². The molecule has 4 heterocycles. The smallest absolute Gasteiger partial charge is 0.339 e. The Morgan fingerprint density at radius 2 is 1.58 bits per heavy atom. The second-order valence-electron chi connectivity index (χ2n) is 12.8. The van der Waals surface area contributed by atoms with E-state index in [4.69, 9.17) is 5.73 Å². The number of rotatable bonds is 17. The maximum atomic E-state index is 11.5. The number of carbonyl (C=O) groups is 1. The second-order valence-corrected chi connectivity index (χ2v) is 13.6. The van der Waals surface area contributed by atoms with Crippen LogP contribution in [0.5, 0.6) is 0 Å². The third-order valence-electron chi connectivity index (χ3n) is 8.66. The molecule has 6 aromatic rings. The predicted octanol–water partition coefficient (Wildman–Crippen LogP) is 8.96. The van der Waals surface area contributed by atoms with E-state index in [1.807, 2.05) is 59.0 Å². The zero-order valence-electron chi connectivity index (χ0n) is 29.2. The van der Waals surface area contributed by atoms with E-state index in [0.717, 1.165) is 47.3 Å². The summed E-state index contributed by atoms with van der Waals surface area (Å²) in [6.45, 7) is 7.56. The van der Waals surface area contributed by atoms with Crippen LogP contribution < -0.4 is 11.1 Å². The van der Waals surface area contributed by atoms with E-state index >= 15 is 0 Å². The van der Waals surface area contributed by atoms with Gasteiger partial charge < -0.3 is 16.2 Å². The van der Waals surface area contributed by atoms with Gasteiger partial charge in [-0.3, -0.25) is 9.36 Å². The van der Waals surface area contributed by atoms with Crippen molar-refractivity contribution in [2.75, 3.05) is 12.3 Å². The minimum Gasteiger partial charge on any atom is -0.478 e. The Labute approximate surface area is 299 Å². The Hall–Kier alpha value is -4.80. The van der Waals surface area contributed by atoms with Gasteiger partial charge in [-0.15, -0.1) is 0 Å². The quantitative estimate of drug-likeness (QED) is 0.0816. The highest BCUT2D eigenvalue weighted by molar-refractivity contribution is 7.08. The first-order valence-electron chi connectivity index (χ1n) is 17.6. The number of pyridine rings is 1. The molecule has 0 saturated carbocycles. The number of benzene rings is 2. The van der Waals surface area contributed by atoms with Crippen LogP contribution in [0.15, 0.2) is 90.1 Å². The number of carboxylic acid groups (broad SMARTS) is 1. The van der Waals surface area contributed by atoms with Crippen LogP contribution in [-0.4, -0.2) is 42.2 Å². The van der Waals surface area contributed by atoms with Crippen LogP contribution in [0.3, 0.4) is 0 Å². The number of hydrogen-bond acceptors (Lipinski definition) is 7. The molecule has 4 aromatic heterocycles. The second kappa shape index (κ2) is 18.8. The van der Waals surface area contributed by atoms with Gasteiger partial charge >= 0.3 is 5.97 Å². The van der Waals surface area contributed by atoms with E-state index in [2.05, 4.69) is 57.8 Å². The molecule has 0 aliphatic rings. The lowest BCUT2D eigenvalue weighted by molar-refractivity contribution is 0.0697. The molecule has 50 heavy (non-hydrogen) atoms. The summed E-state index contributed by atoms with van der Waals surface area (Å²) in [4.78, 5) is 15.7. The van der Waals surface area contributed by atoms with Gasteiger partial charge in [0.05, 0.1) is 19.3 Å². The first-order valence-corrected chi connectivity index (χ1v) is 18.6. The average Bonchev–Trinajstić information content (AvgIpc) is 3.89. The topological polar surface area (TPSA) is 124 Å². The molecule has 0 aliphatic carbocycles. The summed E-state index contributed by atoms with van der Waals surface area (Å²) >= 11 is 1.52. The Morgan fingerprint density at radius 3 is 2.24 bits per heavy atom. The number of nitrogens with one attached hydrogen (secondary N) is 1. The number of aromatic carboxylic acids is 1. The number of fused-ring (bicyclic) bond motifs is 1. The third kappa shape index (κ3) is 10.9. The molecule has 262 valence electrons. The molecule has 6 rings (SSSR count). The highest BCUT2D eigenvalue weighted by atomic mass is 32.1. The van der Waals surface area contributed by atoms with Gasteiger partial charge in [-0.05, 0) is 71.1 Å². The van der Waals surface area contributed by atoms with Crippen molar-refractivity contribution in [1.29, 1.82) is 0 Å². The van der Waals surface area contributed by atoms with Crippen LogP contribution in [0, 0.1) is 6.92 Å². The summed E-state index contributed by atoms with van der Waals surface area (Å²) < 4.78 is 3.59. The Balaban J connectivity index is 0.000000197. The fraction of sp³-hybridized carbons (Fsp3) is 0.350. The van der Waals surface area contributed by atoms with E-state index in [9.17, 15) is 9.90 Å². The van der Waals surface area contributed by atoms with Crippen LogP contribution in [0.4, 0.5) is 5.82 Å². The highest BCUT2D eigenvalue weighted by Crippen LogP contribution is 2.25. The third-order valence-corrected chi connectivity index (χ3v) is 9.34. The number of unbranched alkanes of at least 4 members (excludes halogenated alkanes) is 7. The van der Waals surface area contributed by atoms with E-state index < -0.39 is 5.97 Å². The summed E-state index contributed by atoms with van der Waals surface area (Å²) in [5.74, 6) is -0.353. The lowest BCUT2D eigenvalue weighted by Gasteiger charge is -2.07. The molecule has 4 N–H and O–H groups in total. The largest absolute Gasteiger partial charge is 0.478 e. The van der Waals surface area contributed by atoms with Gasteiger partial charge in [0.25, 0.3) is 0 Å². The molecule has 0 saturated heterocycles. The number of anilines is 1. The molecule has 0 spiro atoms. The Morgan fingerprint density at radius 1 is 0.880 bits per heavy atom. The van der Waals surface area contributed by atoms with E-state index in [0.29, 0.717) is 18.1 Å². The molecular weight excluding hydrogens is 643 g/mol. The van der Waals surface area contributed by atoms with Crippen LogP contribution in [0.25, 0.3) is 22.0 Å². The maximum Gasteiger partial charge on any atom is 0.339 e. The van der Waals surface area contributed by atoms with Gasteiger partial charge in [0.2, 0.25) is 0 Å². The minimum atomic E-state index is -0.965. The van der Waals surface area contributed by atoms with Crippen molar-refractivity contribution in [3.63, 3.8) is 0 Å². The van der Waals surface area contributed by atoms with Crippen molar-refractivity contribution < 1.29 is 9.90 Å². The number of nitrogen functional groups attached to an aromatic ring is 1. The van der Waals surface area contributed by atoms with Gasteiger partial charge in [-0.2, -0.15) is 21.5 Å². The summed E-state index contributed by atoms with van der Waals surface area (Å²) in [5, 5.41) is 27.8. The molecule has 0 amide bonds. The standard InChI is InChI=1S/C20H18N4O2S.C20H31N3/c1-14-8-21-23(9-14)10-15-2-4-16(5-3-15)11-24-12-18(20(25)26)19(22-24)17-6-7-27-13-17;1-2-3-4-5-6-7-8-9-13-22-16-17-10-11-19-18(15-17)12-14-23-20(19)21/h2-9,12-13H,10-11H2,1H3,(H,25,26);10-12,14-15,22H,2-9,13,16H2,1H3,(H2,21,23). The molecule has 0 atom stereocenters. The Kier molecular flexibility index (Phi) is 13.7. The number of aromatic nitrogens is 5. The molecule has 0 fully saturated rings. The van der Waals surface area contributed by atoms with Crippen molar-refractivity contribution in [1.82, 2.24) is 29.9 Å². The summed E-state index contributed by atoms with van der Waals surface area (Å²) in [5.41, 5.74) is 12.1. The van der Waals surface area contributed by atoms with E-state index in [1.165, 1.54) is 73.7 Å². The highest BCUT2D eigenvalue weighted by Gasteiger charge is 2.17. The van der Waals surface area contributed by atoms with Crippen molar-refractivity contribution >= 4 is 33.9 Å². The number of nitrogens with two attached hydrogens (primary N) is 1. The summed E-state index contributed by atoms with van der Waals surface area (Å²) in [6, 6.07) is 18.5. The van der Waals surface area contributed by atoms with E-state index in [-0.39, 0.29) is 5.56 Å². The van der Waals surface area contributed by atoms with Crippen molar-refractivity contribution in [2.24, 2.45) is 0 Å². The zero-order chi connectivity index (χ0) is 35.1. The fourth-order valence-corrected chi connectivity index (χ4v) is 6.57. The van der Waals surface area contributed by atoms with Crippen LogP contribution in [0.1, 0.15) is 90.9 Å². The molecule has 2 aromatic carbocycles. The molecule has 0 radical (unpaired) electrons. The van der Waals surface area contributed by atoms with Gasteiger partial charge in [0, 0.05) is 41.5 Å². The van der Waals surface area contributed by atoms with Crippen LogP contribution >= 0.6 is 11.3 Å². The van der Waals surface area contributed by atoms with Crippen molar-refractivity contribution in [2.45, 2.75) is 84.8 Å². The van der Waals surface area contributed by atoms with Crippen LogP contribution in [-0.2, 0) is 19.6 Å². The van der Waals surface area contributed by atoms with Crippen molar-refractivity contribution in [3.05, 3.63) is 118 Å². The normalized spacial score (nSPS) is 11.1. The SMILES string of the molecule is CCCCCCCCCCNCc1ccc2c(N)nccc2c1.Cc1cnn(Cc2ccc(Cn3cc(C(=O)O)c(-c4ccsc4)n3)cc2)c1. The number of nitrogens with zero attached hydrogens (tertiary/aromatic N) is 5. The first kappa shape index (κ1) is 36.5. The lowest BCUT2D eigenvalue weighted by atomic mass is 10.1. The molecular formula is C40H49N7O2S. The molecule has 9 nitrogen and oxygen atoms in total. The number of aryl methyl sites for hydroxylation is 1. The minimum absolute atomic E-state index is 0.221. The maximum absolute atomic E-state index is 11.5. The summed E-state index contributed by atoms with van der Waals surface area (Å²) in [7, 11) is 0. The molecule has 10 heteroatoms. The van der Waals surface area contributed by atoms with Gasteiger partial charge in [-0.25, -0.2) is 9.78 Å². The molecule has 0 aliphatic heterocycles. The summed E-state index contributed by atoms with van der Waals surface area (Å²) in [6.07, 6.45) is 18.2. The van der Waals surface area contributed by atoms with Crippen LogP contribution in [0.2, 0.25) is 0 Å². The lowest BCUT2D eigenvalue weighted by Crippen LogP contribution is -2.14. The monoisotopic (exact) mass is 691 g/mol. The Bertz CT molecular complexity index is 1910. The zero-order valence-corrected chi connectivity index (χ0v) is 30.0. The number of carboxylic acids is 1.